The van der Waals surface area contributed by atoms with E-state index in [1.165, 1.54) is 0 Å². The third kappa shape index (κ3) is 3.54. The fraction of sp³-hybridized carbons (Fsp3) is 0.158. The Bertz CT molecular complexity index is 947. The molecular weight excluding hydrogens is 373 g/mol. The van der Waals surface area contributed by atoms with E-state index in [0.717, 1.165) is 22.8 Å². The van der Waals surface area contributed by atoms with Crippen molar-refractivity contribution >= 4 is 35.4 Å². The minimum absolute atomic E-state index is 0.515. The molecule has 0 bridgehead atoms. The Hall–Kier alpha value is -2.50. The Kier molecular flexibility index (Phi) is 5.49. The molecular formula is C19H17Cl2N3O2. The van der Waals surface area contributed by atoms with Crippen LogP contribution in [-0.4, -0.2) is 30.0 Å². The van der Waals surface area contributed by atoms with Gasteiger partial charge in [-0.3, -0.25) is 0 Å². The van der Waals surface area contributed by atoms with Crippen LogP contribution in [0.4, 0.5) is 5.95 Å². The largest absolute Gasteiger partial charge is 0.497 e. The van der Waals surface area contributed by atoms with Gasteiger partial charge in [-0.2, -0.15) is 0 Å². The second-order valence-corrected chi connectivity index (χ2v) is 6.28. The number of aliphatic imine (C=N–C) groups is 1. The van der Waals surface area contributed by atoms with Gasteiger partial charge < -0.3 is 14.0 Å². The normalized spacial score (nSPS) is 11.1. The van der Waals surface area contributed by atoms with E-state index in [1.54, 1.807) is 44.8 Å². The first kappa shape index (κ1) is 18.3. The van der Waals surface area contributed by atoms with Gasteiger partial charge >= 0.3 is 0 Å². The van der Waals surface area contributed by atoms with E-state index < -0.39 is 0 Å². The molecule has 0 saturated heterocycles. The molecule has 5 nitrogen and oxygen atoms in total. The van der Waals surface area contributed by atoms with Crippen molar-refractivity contribution in [3.63, 3.8) is 0 Å². The Balaban J connectivity index is 2.00. The number of methoxy groups -OCH3 is 2. The maximum atomic E-state index is 6.18. The summed E-state index contributed by atoms with van der Waals surface area (Å²) in [5.41, 5.74) is 2.36. The van der Waals surface area contributed by atoms with E-state index >= 15 is 0 Å². The van der Waals surface area contributed by atoms with Gasteiger partial charge in [-0.05, 0) is 30.3 Å². The first-order chi connectivity index (χ1) is 12.5. The zero-order valence-corrected chi connectivity index (χ0v) is 16.0. The Morgan fingerprint density at radius 3 is 2.46 bits per heavy atom. The Morgan fingerprint density at radius 2 is 1.81 bits per heavy atom. The zero-order chi connectivity index (χ0) is 18.7. The number of hydrogen-bond acceptors (Lipinski definition) is 4. The summed E-state index contributed by atoms with van der Waals surface area (Å²) in [6, 6.07) is 10.9. The highest BCUT2D eigenvalue weighted by Crippen LogP contribution is 2.34. The fourth-order valence-corrected chi connectivity index (χ4v) is 3.04. The van der Waals surface area contributed by atoms with Crippen molar-refractivity contribution in [2.45, 2.75) is 0 Å². The standard InChI is InChI=1S/C19H17Cl2N3O2/c1-24-17(13-9-12(25-2)7-8-18(13)26-3)11-23-19(24)22-10-14-15(20)5-4-6-16(14)21/h4-11H,1-3H3. The highest BCUT2D eigenvalue weighted by Gasteiger charge is 2.14. The number of imidazole rings is 1. The van der Waals surface area contributed by atoms with E-state index in [0.29, 0.717) is 21.6 Å². The molecule has 0 aliphatic rings. The highest BCUT2D eigenvalue weighted by molar-refractivity contribution is 6.38. The highest BCUT2D eigenvalue weighted by atomic mass is 35.5. The van der Waals surface area contributed by atoms with Crippen LogP contribution in [0.5, 0.6) is 11.5 Å². The van der Waals surface area contributed by atoms with Crippen LogP contribution in [0.3, 0.4) is 0 Å². The number of nitrogens with zero attached hydrogens (tertiary/aromatic N) is 3. The van der Waals surface area contributed by atoms with Crippen LogP contribution in [0, 0.1) is 0 Å². The second kappa shape index (κ2) is 7.81. The molecule has 0 aliphatic heterocycles. The van der Waals surface area contributed by atoms with E-state index in [-0.39, 0.29) is 0 Å². The van der Waals surface area contributed by atoms with E-state index in [9.17, 15) is 0 Å². The maximum absolute atomic E-state index is 6.18. The van der Waals surface area contributed by atoms with E-state index in [2.05, 4.69) is 9.98 Å². The summed E-state index contributed by atoms with van der Waals surface area (Å²) < 4.78 is 12.6. The van der Waals surface area contributed by atoms with Crippen molar-refractivity contribution in [1.29, 1.82) is 0 Å². The van der Waals surface area contributed by atoms with Crippen LogP contribution < -0.4 is 9.47 Å². The second-order valence-electron chi connectivity index (χ2n) is 5.46. The van der Waals surface area contributed by atoms with Gasteiger partial charge in [-0.1, -0.05) is 29.3 Å². The molecule has 3 rings (SSSR count). The number of hydrogen-bond donors (Lipinski definition) is 0. The van der Waals surface area contributed by atoms with Crippen molar-refractivity contribution in [1.82, 2.24) is 9.55 Å². The predicted molar refractivity (Wildman–Crippen MR) is 105 cm³/mol. The minimum Gasteiger partial charge on any atom is -0.497 e. The lowest BCUT2D eigenvalue weighted by Gasteiger charge is -2.11. The van der Waals surface area contributed by atoms with Crippen molar-refractivity contribution in [2.24, 2.45) is 12.0 Å². The molecule has 3 aromatic rings. The molecule has 134 valence electrons. The summed E-state index contributed by atoms with van der Waals surface area (Å²) in [6.07, 6.45) is 3.35. The molecule has 2 aromatic carbocycles. The molecule has 0 radical (unpaired) electrons. The molecule has 0 saturated carbocycles. The SMILES string of the molecule is COc1ccc(OC)c(-c2cnc(N=Cc3c(Cl)cccc3Cl)n2C)c1. The van der Waals surface area contributed by atoms with Gasteiger partial charge in [0.1, 0.15) is 11.5 Å². The van der Waals surface area contributed by atoms with Crippen molar-refractivity contribution < 1.29 is 9.47 Å². The van der Waals surface area contributed by atoms with Gasteiger partial charge in [0.15, 0.2) is 0 Å². The molecule has 0 atom stereocenters. The van der Waals surface area contributed by atoms with Gasteiger partial charge in [-0.25, -0.2) is 9.98 Å². The Morgan fingerprint density at radius 1 is 1.08 bits per heavy atom. The van der Waals surface area contributed by atoms with E-state index in [1.807, 2.05) is 29.8 Å². The fourth-order valence-electron chi connectivity index (χ4n) is 2.54. The van der Waals surface area contributed by atoms with Crippen LogP contribution in [0.25, 0.3) is 11.3 Å². The summed E-state index contributed by atoms with van der Waals surface area (Å²) in [5.74, 6) is 1.97. The predicted octanol–water partition coefficient (Wildman–Crippen LogP) is 5.16. The van der Waals surface area contributed by atoms with E-state index in [4.69, 9.17) is 32.7 Å². The summed E-state index contributed by atoms with van der Waals surface area (Å²) in [5, 5.41) is 1.07. The van der Waals surface area contributed by atoms with Crippen LogP contribution in [0.2, 0.25) is 10.0 Å². The molecule has 1 heterocycles. The lowest BCUT2D eigenvalue weighted by molar-refractivity contribution is 0.404. The first-order valence-corrected chi connectivity index (χ1v) is 8.53. The van der Waals surface area contributed by atoms with Gasteiger partial charge in [0.2, 0.25) is 5.95 Å². The minimum atomic E-state index is 0.515. The zero-order valence-electron chi connectivity index (χ0n) is 14.5. The lowest BCUT2D eigenvalue weighted by Crippen LogP contribution is -1.95. The Labute approximate surface area is 161 Å². The number of ether oxygens (including phenoxy) is 2. The average Bonchev–Trinajstić information content (AvgIpc) is 3.01. The average molecular weight is 390 g/mol. The van der Waals surface area contributed by atoms with Crippen LogP contribution >= 0.6 is 23.2 Å². The topological polar surface area (TPSA) is 48.6 Å². The van der Waals surface area contributed by atoms with Gasteiger partial charge in [0.25, 0.3) is 0 Å². The van der Waals surface area contributed by atoms with Crippen molar-refractivity contribution in [3.8, 4) is 22.8 Å². The smallest absolute Gasteiger partial charge is 0.229 e. The summed E-state index contributed by atoms with van der Waals surface area (Å²) >= 11 is 12.4. The molecule has 0 N–H and O–H groups in total. The monoisotopic (exact) mass is 389 g/mol. The van der Waals surface area contributed by atoms with Gasteiger partial charge in [0, 0.05) is 24.4 Å². The van der Waals surface area contributed by atoms with Crippen LogP contribution in [0.15, 0.2) is 47.6 Å². The maximum Gasteiger partial charge on any atom is 0.229 e. The van der Waals surface area contributed by atoms with Crippen molar-refractivity contribution in [2.75, 3.05) is 14.2 Å². The summed E-state index contributed by atoms with van der Waals surface area (Å²) in [7, 11) is 5.13. The van der Waals surface area contributed by atoms with Crippen molar-refractivity contribution in [3.05, 3.63) is 58.2 Å². The number of halogens is 2. The molecule has 26 heavy (non-hydrogen) atoms. The van der Waals surface area contributed by atoms with Gasteiger partial charge in [-0.15, -0.1) is 0 Å². The third-order valence-corrected chi connectivity index (χ3v) is 4.61. The molecule has 0 amide bonds. The van der Waals surface area contributed by atoms with Crippen LogP contribution in [0.1, 0.15) is 5.56 Å². The molecule has 0 unspecified atom stereocenters. The molecule has 7 heteroatoms. The lowest BCUT2D eigenvalue weighted by atomic mass is 10.1. The number of benzene rings is 2. The first-order valence-electron chi connectivity index (χ1n) is 7.77. The van der Waals surface area contributed by atoms with Gasteiger partial charge in [0.05, 0.1) is 36.2 Å². The summed E-state index contributed by atoms with van der Waals surface area (Å²) in [6.45, 7) is 0. The molecule has 0 aliphatic carbocycles. The molecule has 1 aromatic heterocycles. The quantitative estimate of drug-likeness (QED) is 0.566. The number of aromatic nitrogens is 2. The number of rotatable bonds is 5. The third-order valence-electron chi connectivity index (χ3n) is 3.96. The van der Waals surface area contributed by atoms with Crippen LogP contribution in [-0.2, 0) is 7.05 Å². The molecule has 0 spiro atoms. The molecule has 0 fully saturated rings. The summed E-state index contributed by atoms with van der Waals surface area (Å²) in [4.78, 5) is 8.81.